The topological polar surface area (TPSA) is 46.3 Å². The normalized spacial score (nSPS) is 18.4. The predicted octanol–water partition coefficient (Wildman–Crippen LogP) is 1.32. The Morgan fingerprint density at radius 3 is 2.50 bits per heavy atom. The lowest BCUT2D eigenvalue weighted by atomic mass is 10.3. The van der Waals surface area contributed by atoms with E-state index >= 15 is 0 Å². The smallest absolute Gasteiger partial charge is 0.325 e. The first-order valence-corrected chi connectivity index (χ1v) is 3.80. The number of allylic oxidation sites excluding steroid dienone is 1. The number of hydrogen-bond acceptors (Lipinski definition) is 2. The van der Waals surface area contributed by atoms with Crippen molar-refractivity contribution in [1.82, 2.24) is 4.31 Å². The molecular formula is C6H10N2OS. The van der Waals surface area contributed by atoms with Gasteiger partial charge in [-0.1, -0.05) is 0 Å². The highest BCUT2D eigenvalue weighted by Crippen LogP contribution is 2.31. The van der Waals surface area contributed by atoms with Gasteiger partial charge in [-0.05, 0) is 31.4 Å². The molecule has 1 aliphatic rings. The van der Waals surface area contributed by atoms with Gasteiger partial charge in [0.15, 0.2) is 0 Å². The molecule has 0 unspecified atom stereocenters. The standard InChI is InChI=1S/C6H10N2OS/c1-4-3-8(6(7)9)10-5(4)2/h3H2,1-2H3,(H2,7,9). The van der Waals surface area contributed by atoms with Crippen LogP contribution in [0.1, 0.15) is 13.8 Å². The van der Waals surface area contributed by atoms with Gasteiger partial charge in [-0.15, -0.1) is 0 Å². The van der Waals surface area contributed by atoms with E-state index in [0.29, 0.717) is 6.54 Å². The molecule has 0 radical (unpaired) electrons. The average Bonchev–Trinajstić information content (AvgIpc) is 2.13. The summed E-state index contributed by atoms with van der Waals surface area (Å²) in [6, 6.07) is -0.360. The molecule has 1 aliphatic heterocycles. The van der Waals surface area contributed by atoms with Crippen LogP contribution >= 0.6 is 11.9 Å². The summed E-state index contributed by atoms with van der Waals surface area (Å²) in [4.78, 5) is 11.8. The Balaban J connectivity index is 2.59. The fraction of sp³-hybridized carbons (Fsp3) is 0.500. The van der Waals surface area contributed by atoms with Crippen LogP contribution in [0, 0.1) is 0 Å². The highest BCUT2D eigenvalue weighted by Gasteiger charge is 2.19. The monoisotopic (exact) mass is 158 g/mol. The number of primary amides is 1. The predicted molar refractivity (Wildman–Crippen MR) is 42.3 cm³/mol. The Labute approximate surface area is 64.4 Å². The van der Waals surface area contributed by atoms with E-state index in [-0.39, 0.29) is 6.03 Å². The van der Waals surface area contributed by atoms with E-state index in [1.165, 1.54) is 22.4 Å². The Morgan fingerprint density at radius 1 is 1.70 bits per heavy atom. The highest BCUT2D eigenvalue weighted by molar-refractivity contribution is 8.01. The molecule has 0 aromatic carbocycles. The molecule has 0 aliphatic carbocycles. The summed E-state index contributed by atoms with van der Waals surface area (Å²) < 4.78 is 1.55. The van der Waals surface area contributed by atoms with Crippen molar-refractivity contribution in [2.45, 2.75) is 13.8 Å². The van der Waals surface area contributed by atoms with Gasteiger partial charge < -0.3 is 5.73 Å². The number of carbonyl (C=O) groups excluding carboxylic acids is 1. The van der Waals surface area contributed by atoms with Gasteiger partial charge in [-0.25, -0.2) is 4.79 Å². The molecule has 10 heavy (non-hydrogen) atoms. The first-order valence-electron chi connectivity index (χ1n) is 3.02. The number of hydrogen-bond donors (Lipinski definition) is 1. The number of rotatable bonds is 0. The van der Waals surface area contributed by atoms with E-state index in [1.54, 1.807) is 4.31 Å². The molecule has 0 bridgehead atoms. The second kappa shape index (κ2) is 2.54. The molecule has 0 atom stereocenters. The quantitative estimate of drug-likeness (QED) is 0.540. The van der Waals surface area contributed by atoms with E-state index in [9.17, 15) is 4.79 Å². The van der Waals surface area contributed by atoms with E-state index in [1.807, 2.05) is 13.8 Å². The van der Waals surface area contributed by atoms with E-state index in [2.05, 4.69) is 0 Å². The Kier molecular flexibility index (Phi) is 1.89. The summed E-state index contributed by atoms with van der Waals surface area (Å²) in [5.41, 5.74) is 6.29. The van der Waals surface area contributed by atoms with Crippen molar-refractivity contribution < 1.29 is 4.79 Å². The summed E-state index contributed by atoms with van der Waals surface area (Å²) in [6.07, 6.45) is 0. The van der Waals surface area contributed by atoms with E-state index in [0.717, 1.165) is 0 Å². The third kappa shape index (κ3) is 1.26. The molecule has 2 N–H and O–H groups in total. The Morgan fingerprint density at radius 2 is 2.30 bits per heavy atom. The second-order valence-corrected chi connectivity index (χ2v) is 3.54. The van der Waals surface area contributed by atoms with Gasteiger partial charge in [0.2, 0.25) is 0 Å². The van der Waals surface area contributed by atoms with Gasteiger partial charge in [-0.3, -0.25) is 4.31 Å². The SMILES string of the molecule is CC1=C(C)SN(C(N)=O)C1. The summed E-state index contributed by atoms with van der Waals surface area (Å²) in [5, 5.41) is 0. The largest absolute Gasteiger partial charge is 0.351 e. The van der Waals surface area contributed by atoms with Gasteiger partial charge in [0.1, 0.15) is 0 Å². The first-order chi connectivity index (χ1) is 4.61. The summed E-state index contributed by atoms with van der Waals surface area (Å²) in [5.74, 6) is 0. The molecular weight excluding hydrogens is 148 g/mol. The van der Waals surface area contributed by atoms with Crippen LogP contribution in [0.15, 0.2) is 10.5 Å². The molecule has 0 fully saturated rings. The number of nitrogens with two attached hydrogens (primary N) is 1. The zero-order valence-corrected chi connectivity index (χ0v) is 6.86. The maximum absolute atomic E-state index is 10.6. The Bertz CT molecular complexity index is 186. The third-order valence-corrected chi connectivity index (χ3v) is 2.63. The van der Waals surface area contributed by atoms with Gasteiger partial charge >= 0.3 is 6.03 Å². The van der Waals surface area contributed by atoms with E-state index in [4.69, 9.17) is 5.73 Å². The zero-order valence-electron chi connectivity index (χ0n) is 6.05. The summed E-state index contributed by atoms with van der Waals surface area (Å²) in [7, 11) is 0. The first kappa shape index (κ1) is 7.47. The fourth-order valence-electron chi connectivity index (χ4n) is 0.725. The molecule has 4 heteroatoms. The maximum atomic E-state index is 10.6. The van der Waals surface area contributed by atoms with Crippen LogP contribution in [0.3, 0.4) is 0 Å². The van der Waals surface area contributed by atoms with Crippen LogP contribution < -0.4 is 5.73 Å². The zero-order chi connectivity index (χ0) is 7.72. The molecule has 0 aromatic heterocycles. The van der Waals surface area contributed by atoms with Crippen LogP contribution in [0.2, 0.25) is 0 Å². The van der Waals surface area contributed by atoms with Gasteiger partial charge in [0.25, 0.3) is 0 Å². The molecule has 2 amide bonds. The second-order valence-electron chi connectivity index (χ2n) is 2.30. The lowest BCUT2D eigenvalue weighted by molar-refractivity contribution is 0.237. The molecule has 56 valence electrons. The van der Waals surface area contributed by atoms with Crippen molar-refractivity contribution in [3.63, 3.8) is 0 Å². The molecule has 0 saturated heterocycles. The summed E-state index contributed by atoms with van der Waals surface area (Å²) >= 11 is 1.42. The van der Waals surface area contributed by atoms with E-state index < -0.39 is 0 Å². The number of urea groups is 1. The molecule has 3 nitrogen and oxygen atoms in total. The average molecular weight is 158 g/mol. The number of carbonyl (C=O) groups is 1. The van der Waals surface area contributed by atoms with Crippen LogP contribution in [0.25, 0.3) is 0 Å². The van der Waals surface area contributed by atoms with Crippen LogP contribution in [0.5, 0.6) is 0 Å². The highest BCUT2D eigenvalue weighted by atomic mass is 32.2. The van der Waals surface area contributed by atoms with Crippen molar-refractivity contribution in [2.24, 2.45) is 5.73 Å². The van der Waals surface area contributed by atoms with Crippen LogP contribution in [-0.2, 0) is 0 Å². The van der Waals surface area contributed by atoms with Gasteiger partial charge in [-0.2, -0.15) is 0 Å². The van der Waals surface area contributed by atoms with Crippen molar-refractivity contribution in [1.29, 1.82) is 0 Å². The minimum Gasteiger partial charge on any atom is -0.351 e. The summed E-state index contributed by atoms with van der Waals surface area (Å²) in [6.45, 7) is 4.67. The molecule has 0 saturated carbocycles. The van der Waals surface area contributed by atoms with Crippen molar-refractivity contribution in [2.75, 3.05) is 6.54 Å². The minimum absolute atomic E-state index is 0.360. The maximum Gasteiger partial charge on any atom is 0.325 e. The van der Waals surface area contributed by atoms with Crippen molar-refractivity contribution >= 4 is 18.0 Å². The van der Waals surface area contributed by atoms with Crippen LogP contribution in [0.4, 0.5) is 4.79 Å². The lowest BCUT2D eigenvalue weighted by Gasteiger charge is -2.09. The van der Waals surface area contributed by atoms with Gasteiger partial charge in [0.05, 0.1) is 6.54 Å². The lowest BCUT2D eigenvalue weighted by Crippen LogP contribution is -2.28. The third-order valence-electron chi connectivity index (χ3n) is 1.47. The number of nitrogens with zero attached hydrogens (tertiary/aromatic N) is 1. The number of amides is 2. The van der Waals surface area contributed by atoms with Crippen molar-refractivity contribution in [3.05, 3.63) is 10.5 Å². The molecule has 1 heterocycles. The fourth-order valence-corrected chi connectivity index (χ4v) is 1.62. The van der Waals surface area contributed by atoms with Crippen molar-refractivity contribution in [3.8, 4) is 0 Å². The Hall–Kier alpha value is -0.640. The minimum atomic E-state index is -0.360. The van der Waals surface area contributed by atoms with Crippen LogP contribution in [-0.4, -0.2) is 16.9 Å². The molecule has 0 spiro atoms. The molecule has 1 rings (SSSR count). The van der Waals surface area contributed by atoms with Gasteiger partial charge in [0, 0.05) is 4.91 Å². The molecule has 0 aromatic rings.